The van der Waals surface area contributed by atoms with Crippen molar-refractivity contribution >= 4 is 47.3 Å². The molecule has 0 atom stereocenters. The van der Waals surface area contributed by atoms with Crippen LogP contribution in [0.15, 0.2) is 59.7 Å². The minimum Gasteiger partial charge on any atom is -0.353 e. The molecule has 1 amide bonds. The summed E-state index contributed by atoms with van der Waals surface area (Å²) in [4.78, 5) is 25.2. The van der Waals surface area contributed by atoms with Gasteiger partial charge in [0.05, 0.1) is 6.54 Å². The summed E-state index contributed by atoms with van der Waals surface area (Å²) in [6.07, 6.45) is 1.81. The van der Waals surface area contributed by atoms with Crippen LogP contribution >= 0.6 is 24.0 Å². The third-order valence-electron chi connectivity index (χ3n) is 4.23. The molecule has 1 aliphatic rings. The number of nitrogens with zero attached hydrogens (tertiary/aromatic N) is 4. The number of pyridine rings is 1. The number of piperazine rings is 1. The number of anilines is 2. The molecule has 3 rings (SSSR count). The van der Waals surface area contributed by atoms with Gasteiger partial charge < -0.3 is 20.4 Å². The SMILES string of the molecule is CN=C(NCC(=O)Nc1ccccc1)N1CCN(c2ccccn2)CC1.I. The number of hydrogen-bond acceptors (Lipinski definition) is 4. The topological polar surface area (TPSA) is 72.9 Å². The first-order valence-electron chi connectivity index (χ1n) is 8.73. The van der Waals surface area contributed by atoms with Gasteiger partial charge in [-0.1, -0.05) is 24.3 Å². The lowest BCUT2D eigenvalue weighted by Gasteiger charge is -2.37. The van der Waals surface area contributed by atoms with Gasteiger partial charge in [0.1, 0.15) is 5.82 Å². The van der Waals surface area contributed by atoms with E-state index in [4.69, 9.17) is 0 Å². The predicted octanol–water partition coefficient (Wildman–Crippen LogP) is 2.04. The molecule has 0 aliphatic carbocycles. The van der Waals surface area contributed by atoms with Gasteiger partial charge >= 0.3 is 0 Å². The summed E-state index contributed by atoms with van der Waals surface area (Å²) in [5, 5.41) is 6.00. The Hall–Kier alpha value is -2.36. The maximum atomic E-state index is 12.1. The van der Waals surface area contributed by atoms with Crippen molar-refractivity contribution in [3.63, 3.8) is 0 Å². The maximum Gasteiger partial charge on any atom is 0.243 e. The van der Waals surface area contributed by atoms with Gasteiger partial charge in [-0.15, -0.1) is 24.0 Å². The number of hydrogen-bond donors (Lipinski definition) is 2. The molecule has 2 heterocycles. The molecule has 27 heavy (non-hydrogen) atoms. The molecule has 1 aliphatic heterocycles. The van der Waals surface area contributed by atoms with Crippen molar-refractivity contribution in [3.05, 3.63) is 54.7 Å². The number of rotatable bonds is 4. The van der Waals surface area contributed by atoms with Gasteiger partial charge in [0.2, 0.25) is 5.91 Å². The van der Waals surface area contributed by atoms with Gasteiger partial charge in [0, 0.05) is 45.1 Å². The van der Waals surface area contributed by atoms with Crippen molar-refractivity contribution in [2.24, 2.45) is 4.99 Å². The second-order valence-corrected chi connectivity index (χ2v) is 5.98. The van der Waals surface area contributed by atoms with Crippen LogP contribution in [0.5, 0.6) is 0 Å². The van der Waals surface area contributed by atoms with Gasteiger partial charge in [-0.05, 0) is 24.3 Å². The third kappa shape index (κ3) is 6.09. The van der Waals surface area contributed by atoms with Crippen LogP contribution in [0.4, 0.5) is 11.5 Å². The van der Waals surface area contributed by atoms with Crippen LogP contribution in [0.2, 0.25) is 0 Å². The molecule has 0 saturated carbocycles. The minimum atomic E-state index is -0.0931. The number of guanidine groups is 1. The summed E-state index contributed by atoms with van der Waals surface area (Å²) in [7, 11) is 1.74. The maximum absolute atomic E-state index is 12.1. The summed E-state index contributed by atoms with van der Waals surface area (Å²) in [5.74, 6) is 1.65. The summed E-state index contributed by atoms with van der Waals surface area (Å²) < 4.78 is 0. The zero-order valence-corrected chi connectivity index (χ0v) is 17.7. The molecular formula is C19H25IN6O. The second-order valence-electron chi connectivity index (χ2n) is 5.98. The molecule has 0 radical (unpaired) electrons. The summed E-state index contributed by atoms with van der Waals surface area (Å²) in [6.45, 7) is 3.58. The highest BCUT2D eigenvalue weighted by Crippen LogP contribution is 2.12. The lowest BCUT2D eigenvalue weighted by Crippen LogP contribution is -2.53. The van der Waals surface area contributed by atoms with Crippen molar-refractivity contribution in [2.45, 2.75) is 0 Å². The lowest BCUT2D eigenvalue weighted by atomic mass is 10.3. The van der Waals surface area contributed by atoms with Crippen LogP contribution < -0.4 is 15.5 Å². The first kappa shape index (κ1) is 20.9. The Bertz CT molecular complexity index is 732. The van der Waals surface area contributed by atoms with E-state index >= 15 is 0 Å². The highest BCUT2D eigenvalue weighted by atomic mass is 127. The number of carbonyl (C=O) groups excluding carboxylic acids is 1. The third-order valence-corrected chi connectivity index (χ3v) is 4.23. The Kier molecular flexibility index (Phi) is 8.31. The largest absolute Gasteiger partial charge is 0.353 e. The summed E-state index contributed by atoms with van der Waals surface area (Å²) in [6, 6.07) is 15.4. The molecule has 1 aromatic heterocycles. The molecule has 2 N–H and O–H groups in total. The van der Waals surface area contributed by atoms with Gasteiger partial charge in [0.25, 0.3) is 0 Å². The van der Waals surface area contributed by atoms with Gasteiger partial charge in [-0.25, -0.2) is 4.98 Å². The van der Waals surface area contributed by atoms with E-state index in [0.717, 1.165) is 43.6 Å². The number of amides is 1. The molecule has 0 unspecified atom stereocenters. The van der Waals surface area contributed by atoms with E-state index in [1.807, 2.05) is 54.7 Å². The minimum absolute atomic E-state index is 0. The molecular weight excluding hydrogens is 455 g/mol. The standard InChI is InChI=1S/C19H24N6O.HI/c1-20-19(22-15-18(26)23-16-7-3-2-4-8-16)25-13-11-24(12-14-25)17-9-5-6-10-21-17;/h2-10H,11-15H2,1H3,(H,20,22)(H,23,26);1H. The number of para-hydroxylation sites is 1. The number of benzene rings is 1. The van der Waals surface area contributed by atoms with Crippen LogP contribution in [0, 0.1) is 0 Å². The van der Waals surface area contributed by atoms with Crippen molar-refractivity contribution in [2.75, 3.05) is 50.0 Å². The summed E-state index contributed by atoms with van der Waals surface area (Å²) in [5.41, 5.74) is 0.790. The van der Waals surface area contributed by atoms with E-state index in [-0.39, 0.29) is 36.4 Å². The molecule has 0 spiro atoms. The number of aliphatic imine (C=N–C) groups is 1. The number of halogens is 1. The number of carbonyl (C=O) groups is 1. The first-order chi connectivity index (χ1) is 12.8. The highest BCUT2D eigenvalue weighted by molar-refractivity contribution is 14.0. The fourth-order valence-corrected chi connectivity index (χ4v) is 2.91. The van der Waals surface area contributed by atoms with Crippen molar-refractivity contribution in [3.8, 4) is 0 Å². The normalized spacial score (nSPS) is 14.3. The molecule has 8 heteroatoms. The van der Waals surface area contributed by atoms with E-state index in [1.54, 1.807) is 7.05 Å². The lowest BCUT2D eigenvalue weighted by molar-refractivity contribution is -0.115. The van der Waals surface area contributed by atoms with Crippen molar-refractivity contribution < 1.29 is 4.79 Å². The van der Waals surface area contributed by atoms with E-state index in [1.165, 1.54) is 0 Å². The van der Waals surface area contributed by atoms with Gasteiger partial charge in [-0.2, -0.15) is 0 Å². The molecule has 1 saturated heterocycles. The predicted molar refractivity (Wildman–Crippen MR) is 120 cm³/mol. The van der Waals surface area contributed by atoms with Crippen LogP contribution in [0.1, 0.15) is 0 Å². The van der Waals surface area contributed by atoms with Crippen molar-refractivity contribution in [1.82, 2.24) is 15.2 Å². The molecule has 1 fully saturated rings. The average molecular weight is 480 g/mol. The smallest absolute Gasteiger partial charge is 0.243 e. The molecule has 7 nitrogen and oxygen atoms in total. The Labute approximate surface area is 176 Å². The number of aromatic nitrogens is 1. The Morgan fingerprint density at radius 1 is 1.07 bits per heavy atom. The van der Waals surface area contributed by atoms with Crippen molar-refractivity contribution in [1.29, 1.82) is 0 Å². The van der Waals surface area contributed by atoms with Crippen LogP contribution in [0.25, 0.3) is 0 Å². The van der Waals surface area contributed by atoms with E-state index in [2.05, 4.69) is 30.4 Å². The Morgan fingerprint density at radius 3 is 2.41 bits per heavy atom. The zero-order valence-electron chi connectivity index (χ0n) is 15.3. The van der Waals surface area contributed by atoms with Crippen LogP contribution in [0.3, 0.4) is 0 Å². The highest BCUT2D eigenvalue weighted by Gasteiger charge is 2.20. The van der Waals surface area contributed by atoms with Gasteiger partial charge in [0.15, 0.2) is 5.96 Å². The zero-order chi connectivity index (χ0) is 18.2. The average Bonchev–Trinajstić information content (AvgIpc) is 2.70. The molecule has 2 aromatic rings. The summed E-state index contributed by atoms with van der Waals surface area (Å²) >= 11 is 0. The first-order valence-corrected chi connectivity index (χ1v) is 8.73. The Morgan fingerprint density at radius 2 is 1.78 bits per heavy atom. The Balaban J connectivity index is 0.00000261. The molecule has 0 bridgehead atoms. The van der Waals surface area contributed by atoms with E-state index in [9.17, 15) is 4.79 Å². The quantitative estimate of drug-likeness (QED) is 0.398. The van der Waals surface area contributed by atoms with E-state index < -0.39 is 0 Å². The van der Waals surface area contributed by atoms with Crippen LogP contribution in [-0.4, -0.2) is 61.5 Å². The number of nitrogens with one attached hydrogen (secondary N) is 2. The monoisotopic (exact) mass is 480 g/mol. The van der Waals surface area contributed by atoms with E-state index in [0.29, 0.717) is 0 Å². The van der Waals surface area contributed by atoms with Gasteiger partial charge in [-0.3, -0.25) is 9.79 Å². The molecule has 1 aromatic carbocycles. The molecule has 144 valence electrons. The second kappa shape index (κ2) is 10.7. The fourth-order valence-electron chi connectivity index (χ4n) is 2.91. The van der Waals surface area contributed by atoms with Crippen LogP contribution in [-0.2, 0) is 4.79 Å². The fraction of sp³-hybridized carbons (Fsp3) is 0.316.